The zero-order valence-electron chi connectivity index (χ0n) is 10.4. The summed E-state index contributed by atoms with van der Waals surface area (Å²) in [5.74, 6) is 0. The summed E-state index contributed by atoms with van der Waals surface area (Å²) in [6, 6.07) is 10.5. The summed E-state index contributed by atoms with van der Waals surface area (Å²) in [6.07, 6.45) is 1.20. The van der Waals surface area contributed by atoms with Gasteiger partial charge in [-0.3, -0.25) is 0 Å². The molecule has 0 unspecified atom stereocenters. The Labute approximate surface area is 128 Å². The predicted molar refractivity (Wildman–Crippen MR) is 83.7 cm³/mol. The SMILES string of the molecule is CS(=O)(=O)c1ccc(-c2nc3ccc(Br)nc3s2)cc1. The molecule has 0 aliphatic carbocycles. The van der Waals surface area contributed by atoms with Gasteiger partial charge < -0.3 is 0 Å². The molecule has 1 aromatic carbocycles. The van der Waals surface area contributed by atoms with Crippen LogP contribution in [0.5, 0.6) is 0 Å². The van der Waals surface area contributed by atoms with Crippen molar-refractivity contribution in [2.24, 2.45) is 0 Å². The number of rotatable bonds is 2. The molecule has 0 radical (unpaired) electrons. The molecule has 20 heavy (non-hydrogen) atoms. The van der Waals surface area contributed by atoms with Crippen LogP contribution in [0, 0.1) is 0 Å². The van der Waals surface area contributed by atoms with Crippen LogP contribution in [-0.2, 0) is 9.84 Å². The van der Waals surface area contributed by atoms with E-state index in [1.807, 2.05) is 12.1 Å². The molecule has 0 saturated heterocycles. The lowest BCUT2D eigenvalue weighted by Crippen LogP contribution is -1.96. The first kappa shape index (κ1) is 13.7. The van der Waals surface area contributed by atoms with Gasteiger partial charge in [-0.2, -0.15) is 0 Å². The highest BCUT2D eigenvalue weighted by Gasteiger charge is 2.10. The largest absolute Gasteiger partial charge is 0.234 e. The highest BCUT2D eigenvalue weighted by Crippen LogP contribution is 2.30. The van der Waals surface area contributed by atoms with E-state index in [-0.39, 0.29) is 0 Å². The van der Waals surface area contributed by atoms with Gasteiger partial charge in [-0.15, -0.1) is 0 Å². The maximum atomic E-state index is 11.4. The van der Waals surface area contributed by atoms with Crippen LogP contribution < -0.4 is 0 Å². The fourth-order valence-corrected chi connectivity index (χ4v) is 3.76. The summed E-state index contributed by atoms with van der Waals surface area (Å²) >= 11 is 4.81. The van der Waals surface area contributed by atoms with E-state index in [0.29, 0.717) is 4.90 Å². The van der Waals surface area contributed by atoms with Gasteiger partial charge in [-0.1, -0.05) is 23.5 Å². The Morgan fingerprint density at radius 1 is 1.05 bits per heavy atom. The number of benzene rings is 1. The molecular weight excluding hydrogens is 360 g/mol. The van der Waals surface area contributed by atoms with Crippen LogP contribution >= 0.6 is 27.3 Å². The lowest BCUT2D eigenvalue weighted by Gasteiger charge is -1.99. The number of hydrogen-bond acceptors (Lipinski definition) is 5. The van der Waals surface area contributed by atoms with Crippen molar-refractivity contribution < 1.29 is 8.42 Å². The molecule has 102 valence electrons. The summed E-state index contributed by atoms with van der Waals surface area (Å²) < 4.78 is 23.6. The van der Waals surface area contributed by atoms with Crippen molar-refractivity contribution in [2.75, 3.05) is 6.26 Å². The molecule has 3 aromatic rings. The van der Waals surface area contributed by atoms with Crippen LogP contribution in [0.1, 0.15) is 0 Å². The third kappa shape index (κ3) is 2.61. The zero-order chi connectivity index (χ0) is 14.3. The van der Waals surface area contributed by atoms with E-state index in [1.165, 1.54) is 17.6 Å². The van der Waals surface area contributed by atoms with Crippen LogP contribution in [-0.4, -0.2) is 24.6 Å². The van der Waals surface area contributed by atoms with Crippen molar-refractivity contribution in [1.82, 2.24) is 9.97 Å². The van der Waals surface area contributed by atoms with E-state index in [0.717, 1.165) is 25.5 Å². The van der Waals surface area contributed by atoms with E-state index in [2.05, 4.69) is 25.9 Å². The number of sulfone groups is 1. The Morgan fingerprint density at radius 2 is 1.75 bits per heavy atom. The summed E-state index contributed by atoms with van der Waals surface area (Å²) in [4.78, 5) is 10.0. The predicted octanol–water partition coefficient (Wildman–Crippen LogP) is 3.52. The van der Waals surface area contributed by atoms with Crippen LogP contribution in [0.3, 0.4) is 0 Å². The highest BCUT2D eigenvalue weighted by molar-refractivity contribution is 9.10. The first-order valence-electron chi connectivity index (χ1n) is 5.67. The zero-order valence-corrected chi connectivity index (χ0v) is 13.6. The van der Waals surface area contributed by atoms with E-state index in [9.17, 15) is 8.42 Å². The summed E-state index contributed by atoms with van der Waals surface area (Å²) in [5.41, 5.74) is 1.72. The third-order valence-corrected chi connectivity index (χ3v) is 5.34. The Morgan fingerprint density at radius 3 is 2.40 bits per heavy atom. The first-order chi connectivity index (χ1) is 9.43. The fraction of sp³-hybridized carbons (Fsp3) is 0.0769. The van der Waals surface area contributed by atoms with Crippen molar-refractivity contribution in [3.63, 3.8) is 0 Å². The molecule has 2 aromatic heterocycles. The number of fused-ring (bicyclic) bond motifs is 1. The monoisotopic (exact) mass is 368 g/mol. The summed E-state index contributed by atoms with van der Waals surface area (Å²) in [7, 11) is -3.17. The molecule has 0 aliphatic heterocycles. The third-order valence-electron chi connectivity index (χ3n) is 2.75. The Hall–Kier alpha value is -1.31. The van der Waals surface area contributed by atoms with E-state index in [1.54, 1.807) is 24.3 Å². The number of hydrogen-bond donors (Lipinski definition) is 0. The Balaban J connectivity index is 2.07. The molecule has 4 nitrogen and oxygen atoms in total. The topological polar surface area (TPSA) is 59.9 Å². The van der Waals surface area contributed by atoms with Gasteiger partial charge in [0.25, 0.3) is 0 Å². The van der Waals surface area contributed by atoms with Crippen molar-refractivity contribution in [3.8, 4) is 10.6 Å². The maximum Gasteiger partial charge on any atom is 0.175 e. The number of thiazole rings is 1. The van der Waals surface area contributed by atoms with Crippen molar-refractivity contribution >= 4 is 47.5 Å². The lowest BCUT2D eigenvalue weighted by molar-refractivity contribution is 0.602. The average Bonchev–Trinajstić information content (AvgIpc) is 2.80. The molecule has 7 heteroatoms. The second-order valence-corrected chi connectivity index (χ2v) is 8.08. The second kappa shape index (κ2) is 4.91. The van der Waals surface area contributed by atoms with Crippen LogP contribution in [0.4, 0.5) is 0 Å². The van der Waals surface area contributed by atoms with Gasteiger partial charge in [0.2, 0.25) is 0 Å². The van der Waals surface area contributed by atoms with Crippen LogP contribution in [0.2, 0.25) is 0 Å². The van der Waals surface area contributed by atoms with Crippen LogP contribution in [0.15, 0.2) is 45.9 Å². The van der Waals surface area contributed by atoms with Crippen molar-refractivity contribution in [3.05, 3.63) is 41.0 Å². The van der Waals surface area contributed by atoms with Gasteiger partial charge in [0.05, 0.1) is 4.90 Å². The minimum Gasteiger partial charge on any atom is -0.234 e. The number of halogens is 1. The van der Waals surface area contributed by atoms with Gasteiger partial charge >= 0.3 is 0 Å². The smallest absolute Gasteiger partial charge is 0.175 e. The Bertz CT molecular complexity index is 886. The van der Waals surface area contributed by atoms with Gasteiger partial charge in [0, 0.05) is 11.8 Å². The number of aromatic nitrogens is 2. The summed E-state index contributed by atoms with van der Waals surface area (Å²) in [6.45, 7) is 0. The number of nitrogens with zero attached hydrogens (tertiary/aromatic N) is 2. The van der Waals surface area contributed by atoms with E-state index in [4.69, 9.17) is 0 Å². The molecule has 0 spiro atoms. The lowest BCUT2D eigenvalue weighted by atomic mass is 10.2. The van der Waals surface area contributed by atoms with Crippen molar-refractivity contribution in [2.45, 2.75) is 4.90 Å². The molecule has 0 aliphatic rings. The van der Waals surface area contributed by atoms with Gasteiger partial charge in [-0.25, -0.2) is 18.4 Å². The van der Waals surface area contributed by atoms with Gasteiger partial charge in [-0.05, 0) is 40.2 Å². The minimum absolute atomic E-state index is 0.309. The molecule has 0 N–H and O–H groups in total. The average molecular weight is 369 g/mol. The van der Waals surface area contributed by atoms with E-state index >= 15 is 0 Å². The van der Waals surface area contributed by atoms with Gasteiger partial charge in [0.15, 0.2) is 9.84 Å². The standard InChI is InChI=1S/C13H9BrN2O2S2/c1-20(17,18)9-4-2-8(3-5-9)12-15-10-6-7-11(14)16-13(10)19-12/h2-7H,1H3. The van der Waals surface area contributed by atoms with Gasteiger partial charge in [0.1, 0.15) is 20.0 Å². The minimum atomic E-state index is -3.17. The normalized spacial score (nSPS) is 11.9. The summed E-state index contributed by atoms with van der Waals surface area (Å²) in [5, 5.41) is 0.825. The quantitative estimate of drug-likeness (QED) is 0.649. The molecule has 0 saturated carbocycles. The molecular formula is C13H9BrN2O2S2. The molecule has 0 amide bonds. The van der Waals surface area contributed by atoms with Crippen LogP contribution in [0.25, 0.3) is 20.9 Å². The number of pyridine rings is 1. The molecule has 0 atom stereocenters. The fourth-order valence-electron chi connectivity index (χ4n) is 1.76. The molecule has 0 fully saturated rings. The molecule has 2 heterocycles. The maximum absolute atomic E-state index is 11.4. The van der Waals surface area contributed by atoms with E-state index < -0.39 is 9.84 Å². The first-order valence-corrected chi connectivity index (χ1v) is 9.17. The molecule has 0 bridgehead atoms. The second-order valence-electron chi connectivity index (χ2n) is 4.27. The highest BCUT2D eigenvalue weighted by atomic mass is 79.9. The van der Waals surface area contributed by atoms with Crippen molar-refractivity contribution in [1.29, 1.82) is 0 Å². The molecule has 3 rings (SSSR count). The Kier molecular flexibility index (Phi) is 3.35.